The van der Waals surface area contributed by atoms with Gasteiger partial charge in [-0.1, -0.05) is 34.8 Å². The summed E-state index contributed by atoms with van der Waals surface area (Å²) in [5, 5.41) is 2.71. The minimum atomic E-state index is -3.96. The van der Waals surface area contributed by atoms with Crippen molar-refractivity contribution in [3.05, 3.63) is 36.4 Å². The maximum Gasteiger partial charge on any atom is 0.265 e. The third-order valence-corrected chi connectivity index (χ3v) is 7.69. The van der Waals surface area contributed by atoms with Crippen LogP contribution in [0.25, 0.3) is 0 Å². The third kappa shape index (κ3) is 4.32. The molecule has 2 N–H and O–H groups in total. The first-order chi connectivity index (χ1) is 10.6. The number of sulfonamides is 1. The number of hydrogen-bond acceptors (Lipinski definition) is 4. The van der Waals surface area contributed by atoms with E-state index in [1.165, 1.54) is 25.1 Å². The SMILES string of the molecule is CC(=O)Nc1ccc(NS(=O)(=O)c2c(Cl)sc(Cl)c2Br)cc1Cl. The van der Waals surface area contributed by atoms with Gasteiger partial charge in [0, 0.05) is 6.92 Å². The Morgan fingerprint density at radius 1 is 1.22 bits per heavy atom. The van der Waals surface area contributed by atoms with Crippen molar-refractivity contribution in [3.63, 3.8) is 0 Å². The number of anilines is 2. The van der Waals surface area contributed by atoms with Crippen molar-refractivity contribution < 1.29 is 13.2 Å². The van der Waals surface area contributed by atoms with E-state index in [9.17, 15) is 13.2 Å². The Hall–Kier alpha value is -0.510. The zero-order valence-electron chi connectivity index (χ0n) is 11.3. The van der Waals surface area contributed by atoms with Crippen molar-refractivity contribution in [2.45, 2.75) is 11.8 Å². The molecular formula is C12H8BrCl3N2O3S2. The molecule has 0 saturated carbocycles. The van der Waals surface area contributed by atoms with Gasteiger partial charge in [-0.05, 0) is 34.1 Å². The molecule has 0 spiro atoms. The lowest BCUT2D eigenvalue weighted by Gasteiger charge is -2.10. The first-order valence-electron chi connectivity index (χ1n) is 5.85. The highest BCUT2D eigenvalue weighted by Gasteiger charge is 2.26. The number of halogens is 4. The summed E-state index contributed by atoms with van der Waals surface area (Å²) in [6.07, 6.45) is 0. The number of carbonyl (C=O) groups excluding carboxylic acids is 1. The summed E-state index contributed by atoms with van der Waals surface area (Å²) in [7, 11) is -3.96. The smallest absolute Gasteiger partial charge is 0.265 e. The van der Waals surface area contributed by atoms with Crippen molar-refractivity contribution in [3.8, 4) is 0 Å². The summed E-state index contributed by atoms with van der Waals surface area (Å²) in [4.78, 5) is 10.9. The minimum absolute atomic E-state index is 0.0374. The molecule has 0 aliphatic carbocycles. The molecule has 0 bridgehead atoms. The van der Waals surface area contributed by atoms with E-state index in [0.717, 1.165) is 11.3 Å². The van der Waals surface area contributed by atoms with Gasteiger partial charge in [0.2, 0.25) is 5.91 Å². The molecule has 0 atom stereocenters. The number of benzene rings is 1. The molecule has 0 aliphatic rings. The van der Waals surface area contributed by atoms with Crippen LogP contribution >= 0.6 is 62.1 Å². The number of carbonyl (C=O) groups is 1. The van der Waals surface area contributed by atoms with Gasteiger partial charge in [0.05, 0.1) is 20.9 Å². The van der Waals surface area contributed by atoms with Crippen LogP contribution in [0.2, 0.25) is 13.7 Å². The van der Waals surface area contributed by atoms with Gasteiger partial charge < -0.3 is 5.32 Å². The fraction of sp³-hybridized carbons (Fsp3) is 0.0833. The Kier molecular flexibility index (Phi) is 5.86. The van der Waals surface area contributed by atoms with Crippen molar-refractivity contribution in [1.29, 1.82) is 0 Å². The maximum atomic E-state index is 12.4. The summed E-state index contributed by atoms with van der Waals surface area (Å²) >= 11 is 21.9. The molecule has 5 nitrogen and oxygen atoms in total. The van der Waals surface area contributed by atoms with Gasteiger partial charge >= 0.3 is 0 Å². The average molecular weight is 479 g/mol. The predicted octanol–water partition coefficient (Wildman–Crippen LogP) is 5.23. The second-order valence-corrected chi connectivity index (χ2v) is 9.32. The minimum Gasteiger partial charge on any atom is -0.325 e. The van der Waals surface area contributed by atoms with E-state index in [1.807, 2.05) is 0 Å². The monoisotopic (exact) mass is 476 g/mol. The van der Waals surface area contributed by atoms with Crippen molar-refractivity contribution in [2.24, 2.45) is 0 Å². The van der Waals surface area contributed by atoms with E-state index in [2.05, 4.69) is 26.0 Å². The third-order valence-electron chi connectivity index (χ3n) is 2.53. The first-order valence-corrected chi connectivity index (χ1v) is 10.1. The fourth-order valence-corrected chi connectivity index (χ4v) is 6.48. The highest BCUT2D eigenvalue weighted by Crippen LogP contribution is 2.43. The molecule has 124 valence electrons. The van der Waals surface area contributed by atoms with Crippen molar-refractivity contribution >= 4 is 89.4 Å². The maximum absolute atomic E-state index is 12.4. The molecule has 23 heavy (non-hydrogen) atoms. The molecule has 1 amide bonds. The van der Waals surface area contributed by atoms with E-state index in [1.54, 1.807) is 0 Å². The molecule has 11 heteroatoms. The number of hydrogen-bond donors (Lipinski definition) is 2. The second kappa shape index (κ2) is 7.16. The summed E-state index contributed by atoms with van der Waals surface area (Å²) in [6, 6.07) is 4.32. The standard InChI is InChI=1S/C12H8BrCl3N2O3S2/c1-5(19)17-8-3-2-6(4-7(8)14)18-23(20,21)10-9(13)11(15)22-12(10)16/h2-4,18H,1H3,(H,17,19). The van der Waals surface area contributed by atoms with Crippen LogP contribution < -0.4 is 10.0 Å². The molecule has 1 heterocycles. The first kappa shape index (κ1) is 18.8. The summed E-state index contributed by atoms with van der Waals surface area (Å²) in [5.41, 5.74) is 0.592. The number of thiophene rings is 1. The van der Waals surface area contributed by atoms with Crippen LogP contribution in [0, 0.1) is 0 Å². The van der Waals surface area contributed by atoms with E-state index in [0.29, 0.717) is 5.69 Å². The van der Waals surface area contributed by atoms with Crippen LogP contribution in [0.5, 0.6) is 0 Å². The Morgan fingerprint density at radius 3 is 2.35 bits per heavy atom. The molecule has 0 fully saturated rings. The largest absolute Gasteiger partial charge is 0.325 e. The quantitative estimate of drug-likeness (QED) is 0.632. The predicted molar refractivity (Wildman–Crippen MR) is 98.6 cm³/mol. The van der Waals surface area contributed by atoms with Crippen LogP contribution in [-0.2, 0) is 14.8 Å². The molecule has 1 aromatic heterocycles. The van der Waals surface area contributed by atoms with Crippen LogP contribution in [0.3, 0.4) is 0 Å². The normalized spacial score (nSPS) is 11.3. The molecular weight excluding hydrogens is 471 g/mol. The summed E-state index contributed by atoms with van der Waals surface area (Å²) < 4.78 is 27.7. The molecule has 2 rings (SSSR count). The van der Waals surface area contributed by atoms with Crippen molar-refractivity contribution in [2.75, 3.05) is 10.0 Å². The molecule has 0 saturated heterocycles. The van der Waals surface area contributed by atoms with Gasteiger partial charge in [0.25, 0.3) is 10.0 Å². The molecule has 0 aliphatic heterocycles. The molecule has 2 aromatic rings. The fourth-order valence-electron chi connectivity index (χ4n) is 1.64. The van der Waals surface area contributed by atoms with Crippen LogP contribution in [0.4, 0.5) is 11.4 Å². The van der Waals surface area contributed by atoms with Gasteiger partial charge in [-0.3, -0.25) is 9.52 Å². The average Bonchev–Trinajstić information content (AvgIpc) is 2.66. The lowest BCUT2D eigenvalue weighted by atomic mass is 10.3. The Labute approximate surface area is 160 Å². The molecule has 0 unspecified atom stereocenters. The molecule has 1 aromatic carbocycles. The number of amides is 1. The Morgan fingerprint density at radius 2 is 1.87 bits per heavy atom. The number of rotatable bonds is 4. The van der Waals surface area contributed by atoms with E-state index in [4.69, 9.17) is 34.8 Å². The van der Waals surface area contributed by atoms with Gasteiger partial charge in [-0.15, -0.1) is 11.3 Å². The Balaban J connectivity index is 2.34. The zero-order valence-corrected chi connectivity index (χ0v) is 16.8. The molecule has 0 radical (unpaired) electrons. The van der Waals surface area contributed by atoms with Crippen molar-refractivity contribution in [1.82, 2.24) is 0 Å². The lowest BCUT2D eigenvalue weighted by Crippen LogP contribution is -2.13. The van der Waals surface area contributed by atoms with Crippen LogP contribution in [0.15, 0.2) is 27.6 Å². The topological polar surface area (TPSA) is 75.3 Å². The zero-order chi connectivity index (χ0) is 17.4. The summed E-state index contributed by atoms with van der Waals surface area (Å²) in [5.74, 6) is -0.288. The van der Waals surface area contributed by atoms with Gasteiger partial charge in [-0.2, -0.15) is 0 Å². The highest BCUT2D eigenvalue weighted by molar-refractivity contribution is 9.10. The Bertz CT molecular complexity index is 884. The van der Waals surface area contributed by atoms with Gasteiger partial charge in [0.15, 0.2) is 0 Å². The van der Waals surface area contributed by atoms with Gasteiger partial charge in [0.1, 0.15) is 13.6 Å². The summed E-state index contributed by atoms with van der Waals surface area (Å²) in [6.45, 7) is 1.34. The highest BCUT2D eigenvalue weighted by atomic mass is 79.9. The van der Waals surface area contributed by atoms with Gasteiger partial charge in [-0.25, -0.2) is 8.42 Å². The van der Waals surface area contributed by atoms with Crippen LogP contribution in [-0.4, -0.2) is 14.3 Å². The van der Waals surface area contributed by atoms with E-state index in [-0.39, 0.29) is 34.7 Å². The second-order valence-electron chi connectivity index (χ2n) is 4.27. The number of nitrogens with one attached hydrogen (secondary N) is 2. The van der Waals surface area contributed by atoms with E-state index < -0.39 is 10.0 Å². The van der Waals surface area contributed by atoms with Crippen LogP contribution in [0.1, 0.15) is 6.92 Å². The lowest BCUT2D eigenvalue weighted by molar-refractivity contribution is -0.114. The van der Waals surface area contributed by atoms with E-state index >= 15 is 0 Å².